The van der Waals surface area contributed by atoms with Crippen LogP contribution in [-0.2, 0) is 20.3 Å². The van der Waals surface area contributed by atoms with E-state index >= 15 is 0 Å². The zero-order chi connectivity index (χ0) is 15.5. The van der Waals surface area contributed by atoms with E-state index in [1.807, 2.05) is 0 Å². The van der Waals surface area contributed by atoms with Crippen LogP contribution in [0.2, 0.25) is 0 Å². The van der Waals surface area contributed by atoms with Gasteiger partial charge >= 0.3 is 0 Å². The minimum absolute atomic E-state index is 0.228. The van der Waals surface area contributed by atoms with Crippen LogP contribution in [-0.4, -0.2) is 49.0 Å². The van der Waals surface area contributed by atoms with Crippen LogP contribution < -0.4 is 4.74 Å². The number of halogens is 1. The van der Waals surface area contributed by atoms with Gasteiger partial charge in [-0.2, -0.15) is 0 Å². The molecule has 0 fully saturated rings. The van der Waals surface area contributed by atoms with Gasteiger partial charge < -0.3 is 9.47 Å². The van der Waals surface area contributed by atoms with Crippen molar-refractivity contribution < 1.29 is 17.9 Å². The third kappa shape index (κ3) is 3.31. The van der Waals surface area contributed by atoms with Crippen molar-refractivity contribution in [1.82, 2.24) is 19.7 Å². The first-order valence-electron chi connectivity index (χ1n) is 5.84. The van der Waals surface area contributed by atoms with Crippen LogP contribution in [0.4, 0.5) is 0 Å². The van der Waals surface area contributed by atoms with Crippen molar-refractivity contribution in [2.45, 2.75) is 11.7 Å². The average Bonchev–Trinajstić information content (AvgIpc) is 2.88. The van der Waals surface area contributed by atoms with Gasteiger partial charge in [0, 0.05) is 24.0 Å². The number of rotatable bonds is 6. The molecule has 0 N–H and O–H groups in total. The summed E-state index contributed by atoms with van der Waals surface area (Å²) in [5.74, 6) is 0.757. The Hall–Kier alpha value is -1.71. The molecular formula is C11H13ClN4O4S. The van der Waals surface area contributed by atoms with Crippen molar-refractivity contribution in [1.29, 1.82) is 0 Å². The zero-order valence-corrected chi connectivity index (χ0v) is 12.9. The van der Waals surface area contributed by atoms with E-state index in [1.54, 1.807) is 12.3 Å². The van der Waals surface area contributed by atoms with Crippen LogP contribution in [0.1, 0.15) is 0 Å². The molecule has 0 bridgehead atoms. The highest BCUT2D eigenvalue weighted by atomic mass is 35.7. The van der Waals surface area contributed by atoms with E-state index in [1.165, 1.54) is 25.0 Å². The Morgan fingerprint density at radius 2 is 2.10 bits per heavy atom. The van der Waals surface area contributed by atoms with Gasteiger partial charge in [-0.1, -0.05) is 0 Å². The van der Waals surface area contributed by atoms with E-state index in [9.17, 15) is 8.42 Å². The molecule has 0 spiro atoms. The van der Waals surface area contributed by atoms with E-state index in [4.69, 9.17) is 20.2 Å². The first-order valence-corrected chi connectivity index (χ1v) is 8.15. The molecule has 21 heavy (non-hydrogen) atoms. The summed E-state index contributed by atoms with van der Waals surface area (Å²) in [7, 11) is 4.35. The van der Waals surface area contributed by atoms with Crippen molar-refractivity contribution in [3.05, 3.63) is 18.5 Å². The van der Waals surface area contributed by atoms with E-state index < -0.39 is 9.05 Å². The second kappa shape index (κ2) is 6.37. The highest BCUT2D eigenvalue weighted by Gasteiger charge is 2.24. The zero-order valence-electron chi connectivity index (χ0n) is 11.4. The summed E-state index contributed by atoms with van der Waals surface area (Å²) < 4.78 is 34.7. The van der Waals surface area contributed by atoms with Gasteiger partial charge in [-0.3, -0.25) is 9.55 Å². The maximum absolute atomic E-state index is 11.6. The van der Waals surface area contributed by atoms with Crippen molar-refractivity contribution in [2.75, 3.05) is 20.8 Å². The molecule has 2 aromatic rings. The second-order valence-corrected chi connectivity index (χ2v) is 6.42. The molecule has 2 aromatic heterocycles. The molecule has 0 amide bonds. The molecule has 0 saturated heterocycles. The number of ether oxygens (including phenoxy) is 2. The topological polar surface area (TPSA) is 96.2 Å². The molecule has 8 nitrogen and oxygen atoms in total. The molecule has 0 aliphatic rings. The van der Waals surface area contributed by atoms with Gasteiger partial charge in [-0.15, -0.1) is 10.2 Å². The quantitative estimate of drug-likeness (QED) is 0.726. The summed E-state index contributed by atoms with van der Waals surface area (Å²) in [5, 5.41) is 7.22. The summed E-state index contributed by atoms with van der Waals surface area (Å²) in [4.78, 5) is 3.94. The number of hydrogen-bond acceptors (Lipinski definition) is 7. The van der Waals surface area contributed by atoms with E-state index in [0.717, 1.165) is 0 Å². The summed E-state index contributed by atoms with van der Waals surface area (Å²) in [5.41, 5.74) is 0.558. The van der Waals surface area contributed by atoms with Gasteiger partial charge in [0.2, 0.25) is 0 Å². The lowest BCUT2D eigenvalue weighted by molar-refractivity contribution is 0.185. The smallest absolute Gasteiger partial charge is 0.296 e. The third-order valence-electron chi connectivity index (χ3n) is 2.70. The second-order valence-electron chi connectivity index (χ2n) is 3.96. The molecular weight excluding hydrogens is 320 g/mol. The van der Waals surface area contributed by atoms with E-state index in [-0.39, 0.29) is 18.3 Å². The Morgan fingerprint density at radius 1 is 1.33 bits per heavy atom. The number of aromatic nitrogens is 4. The first kappa shape index (κ1) is 15.7. The summed E-state index contributed by atoms with van der Waals surface area (Å²) in [6.45, 7) is 0.503. The SMILES string of the molecule is COCCn1c(-c2ccncc2OC)nnc1S(=O)(=O)Cl. The van der Waals surface area contributed by atoms with Gasteiger partial charge in [0.1, 0.15) is 5.75 Å². The van der Waals surface area contributed by atoms with Gasteiger partial charge in [0.05, 0.1) is 32.0 Å². The molecule has 0 atom stereocenters. The van der Waals surface area contributed by atoms with Crippen LogP contribution in [0.5, 0.6) is 5.75 Å². The molecule has 114 valence electrons. The molecule has 0 aliphatic heterocycles. The maximum atomic E-state index is 11.6. The van der Waals surface area contributed by atoms with Gasteiger partial charge in [-0.05, 0) is 6.07 Å². The Balaban J connectivity index is 2.61. The minimum atomic E-state index is -4.02. The fourth-order valence-corrected chi connectivity index (χ4v) is 2.70. The molecule has 0 aromatic carbocycles. The Labute approximate surface area is 126 Å². The normalized spacial score (nSPS) is 11.6. The van der Waals surface area contributed by atoms with Crippen LogP contribution >= 0.6 is 10.7 Å². The van der Waals surface area contributed by atoms with Gasteiger partial charge in [-0.25, -0.2) is 8.42 Å². The van der Waals surface area contributed by atoms with Crippen LogP contribution in [0.15, 0.2) is 23.6 Å². The monoisotopic (exact) mass is 332 g/mol. The molecule has 0 saturated carbocycles. The number of hydrogen-bond donors (Lipinski definition) is 0. The highest BCUT2D eigenvalue weighted by molar-refractivity contribution is 8.13. The van der Waals surface area contributed by atoms with Gasteiger partial charge in [0.25, 0.3) is 14.2 Å². The molecule has 0 unspecified atom stereocenters. The Bertz CT molecular complexity index is 732. The van der Waals surface area contributed by atoms with Crippen molar-refractivity contribution in [3.8, 4) is 17.1 Å². The lowest BCUT2D eigenvalue weighted by Crippen LogP contribution is -2.11. The summed E-state index contributed by atoms with van der Waals surface area (Å²) >= 11 is 0. The average molecular weight is 333 g/mol. The largest absolute Gasteiger partial charge is 0.494 e. The summed E-state index contributed by atoms with van der Waals surface area (Å²) in [6.07, 6.45) is 3.04. The van der Waals surface area contributed by atoms with Crippen molar-refractivity contribution in [2.24, 2.45) is 0 Å². The lowest BCUT2D eigenvalue weighted by Gasteiger charge is -2.10. The molecule has 2 rings (SSSR count). The first-order chi connectivity index (χ1) is 9.99. The van der Waals surface area contributed by atoms with Crippen molar-refractivity contribution >= 4 is 19.7 Å². The number of nitrogens with zero attached hydrogens (tertiary/aromatic N) is 4. The fraction of sp³-hybridized carbons (Fsp3) is 0.364. The number of pyridine rings is 1. The predicted molar refractivity (Wildman–Crippen MR) is 74.7 cm³/mol. The molecule has 10 heteroatoms. The lowest BCUT2D eigenvalue weighted by atomic mass is 10.2. The summed E-state index contributed by atoms with van der Waals surface area (Å²) in [6, 6.07) is 1.65. The standard InChI is InChI=1S/C11H13ClN4O4S/c1-19-6-5-16-10(14-15-11(16)21(12,17)18)8-3-4-13-7-9(8)20-2/h3-4,7H,5-6H2,1-2H3. The highest BCUT2D eigenvalue weighted by Crippen LogP contribution is 2.29. The Morgan fingerprint density at radius 3 is 2.71 bits per heavy atom. The third-order valence-corrected chi connectivity index (χ3v) is 3.85. The van der Waals surface area contributed by atoms with E-state index in [0.29, 0.717) is 17.1 Å². The van der Waals surface area contributed by atoms with Crippen LogP contribution in [0.3, 0.4) is 0 Å². The Kier molecular flexibility index (Phi) is 4.76. The minimum Gasteiger partial charge on any atom is -0.494 e. The number of methoxy groups -OCH3 is 2. The molecule has 0 aliphatic carbocycles. The van der Waals surface area contributed by atoms with Crippen molar-refractivity contribution in [3.63, 3.8) is 0 Å². The predicted octanol–water partition coefficient (Wildman–Crippen LogP) is 0.923. The molecule has 2 heterocycles. The van der Waals surface area contributed by atoms with Crippen LogP contribution in [0, 0.1) is 0 Å². The van der Waals surface area contributed by atoms with Gasteiger partial charge in [0.15, 0.2) is 5.82 Å². The van der Waals surface area contributed by atoms with Crippen LogP contribution in [0.25, 0.3) is 11.4 Å². The fourth-order valence-electron chi connectivity index (χ4n) is 1.78. The maximum Gasteiger partial charge on any atom is 0.296 e. The van der Waals surface area contributed by atoms with E-state index in [2.05, 4.69) is 15.2 Å². The molecule has 0 radical (unpaired) electrons.